The van der Waals surface area contributed by atoms with Gasteiger partial charge in [-0.1, -0.05) is 18.2 Å². The average molecular weight is 445 g/mol. The van der Waals surface area contributed by atoms with Gasteiger partial charge in [0.25, 0.3) is 0 Å². The highest BCUT2D eigenvalue weighted by Crippen LogP contribution is 2.46. The van der Waals surface area contributed by atoms with E-state index in [0.29, 0.717) is 0 Å². The summed E-state index contributed by atoms with van der Waals surface area (Å²) >= 11 is 2.02. The summed E-state index contributed by atoms with van der Waals surface area (Å²) in [6, 6.07) is 16.8. The molecule has 1 aliphatic carbocycles. The van der Waals surface area contributed by atoms with E-state index in [9.17, 15) is 5.26 Å². The van der Waals surface area contributed by atoms with E-state index in [0.717, 1.165) is 36.6 Å². The maximum Gasteiger partial charge on any atom is 0.161 e. The number of hydrogen-bond donors (Lipinski definition) is 0. The topological polar surface area (TPSA) is 45.5 Å². The van der Waals surface area contributed by atoms with E-state index in [-0.39, 0.29) is 6.04 Å². The third kappa shape index (κ3) is 3.79. The number of thiophene rings is 1. The number of benzene rings is 2. The zero-order valence-corrected chi connectivity index (χ0v) is 19.5. The predicted molar refractivity (Wildman–Crippen MR) is 128 cm³/mol. The minimum atomic E-state index is 0.180. The molecule has 1 atom stereocenters. The predicted octanol–water partition coefficient (Wildman–Crippen LogP) is 5.66. The van der Waals surface area contributed by atoms with E-state index >= 15 is 0 Å². The van der Waals surface area contributed by atoms with E-state index in [4.69, 9.17) is 9.47 Å². The Morgan fingerprint density at radius 1 is 1.00 bits per heavy atom. The van der Waals surface area contributed by atoms with Crippen molar-refractivity contribution in [3.8, 4) is 17.6 Å². The Balaban J connectivity index is 1.59. The van der Waals surface area contributed by atoms with Gasteiger partial charge in [-0.25, -0.2) is 0 Å². The summed E-state index contributed by atoms with van der Waals surface area (Å²) in [6.07, 6.45) is 6.16. The standard InChI is InChI=1S/C27H28N2O2S/c1-30-23-11-10-20(15-24(23)31-2)26-27-22(21-8-3-4-9-25(21)32-27)12-13-29(26)17-19-7-5-6-18(14-19)16-28/h5-7,10-11,14-15,26H,3-4,8-9,12-13,17H2,1-2H3/t26-/m0/s1. The molecule has 3 aromatic rings. The zero-order chi connectivity index (χ0) is 22.1. The van der Waals surface area contributed by atoms with Crippen LogP contribution in [0.4, 0.5) is 0 Å². The Hall–Kier alpha value is -2.81. The average Bonchev–Trinajstić information content (AvgIpc) is 3.22. The molecule has 2 aromatic carbocycles. The molecule has 1 aliphatic heterocycles. The van der Waals surface area contributed by atoms with Gasteiger partial charge in [0, 0.05) is 22.8 Å². The fourth-order valence-electron chi connectivity index (χ4n) is 5.23. The van der Waals surface area contributed by atoms with Crippen LogP contribution in [0.2, 0.25) is 0 Å². The van der Waals surface area contributed by atoms with Crippen molar-refractivity contribution in [2.24, 2.45) is 0 Å². The molecule has 4 nitrogen and oxygen atoms in total. The second kappa shape index (κ2) is 8.97. The van der Waals surface area contributed by atoms with Crippen LogP contribution in [0.15, 0.2) is 42.5 Å². The lowest BCUT2D eigenvalue weighted by molar-refractivity contribution is 0.207. The van der Waals surface area contributed by atoms with Crippen molar-refractivity contribution in [2.45, 2.75) is 44.7 Å². The summed E-state index contributed by atoms with van der Waals surface area (Å²) in [5, 5.41) is 9.34. The van der Waals surface area contributed by atoms with Crippen molar-refractivity contribution >= 4 is 11.3 Å². The van der Waals surface area contributed by atoms with Gasteiger partial charge in [0.2, 0.25) is 0 Å². The van der Waals surface area contributed by atoms with Crippen LogP contribution in [-0.4, -0.2) is 25.7 Å². The molecule has 1 aromatic heterocycles. The smallest absolute Gasteiger partial charge is 0.161 e. The molecule has 32 heavy (non-hydrogen) atoms. The highest BCUT2D eigenvalue weighted by molar-refractivity contribution is 7.12. The number of aryl methyl sites for hydroxylation is 1. The zero-order valence-electron chi connectivity index (χ0n) is 18.7. The summed E-state index contributed by atoms with van der Waals surface area (Å²) in [5.41, 5.74) is 6.35. The van der Waals surface area contributed by atoms with Crippen LogP contribution in [0.1, 0.15) is 56.5 Å². The van der Waals surface area contributed by atoms with Crippen molar-refractivity contribution in [1.29, 1.82) is 5.26 Å². The first-order valence-corrected chi connectivity index (χ1v) is 12.1. The monoisotopic (exact) mass is 444 g/mol. The molecule has 0 saturated heterocycles. The van der Waals surface area contributed by atoms with Crippen molar-refractivity contribution in [3.05, 3.63) is 80.0 Å². The van der Waals surface area contributed by atoms with Crippen molar-refractivity contribution < 1.29 is 9.47 Å². The fraction of sp³-hybridized carbons (Fsp3) is 0.370. The Morgan fingerprint density at radius 3 is 2.66 bits per heavy atom. The molecule has 2 aliphatic rings. The molecule has 0 radical (unpaired) electrons. The molecule has 5 heteroatoms. The van der Waals surface area contributed by atoms with Gasteiger partial charge in [0.1, 0.15) is 0 Å². The molecule has 0 fully saturated rings. The Kier molecular flexibility index (Phi) is 5.91. The fourth-order valence-corrected chi connectivity index (χ4v) is 6.83. The van der Waals surface area contributed by atoms with Crippen molar-refractivity contribution in [3.63, 3.8) is 0 Å². The summed E-state index contributed by atoms with van der Waals surface area (Å²) in [7, 11) is 3.38. The molecule has 0 saturated carbocycles. The van der Waals surface area contributed by atoms with Crippen LogP contribution in [0.25, 0.3) is 0 Å². The maximum atomic E-state index is 9.34. The molecular weight excluding hydrogens is 416 g/mol. The molecular formula is C27H28N2O2S. The van der Waals surface area contributed by atoms with Crippen LogP contribution < -0.4 is 9.47 Å². The van der Waals surface area contributed by atoms with E-state index < -0.39 is 0 Å². The lowest BCUT2D eigenvalue weighted by atomic mass is 9.88. The van der Waals surface area contributed by atoms with Gasteiger partial charge >= 0.3 is 0 Å². The second-order valence-electron chi connectivity index (χ2n) is 8.60. The normalized spacial score (nSPS) is 17.8. The number of fused-ring (bicyclic) bond motifs is 3. The molecule has 164 valence electrons. The molecule has 2 heterocycles. The number of methoxy groups -OCH3 is 2. The minimum absolute atomic E-state index is 0.180. The maximum absolute atomic E-state index is 9.34. The SMILES string of the molecule is COc1ccc([C@H]2c3sc4c(c3CCN2Cc2cccc(C#N)c2)CCCC4)cc1OC. The van der Waals surface area contributed by atoms with Crippen molar-refractivity contribution in [2.75, 3.05) is 20.8 Å². The molecule has 0 bridgehead atoms. The quantitative estimate of drug-likeness (QED) is 0.509. The van der Waals surface area contributed by atoms with Gasteiger partial charge in [-0.3, -0.25) is 4.90 Å². The van der Waals surface area contributed by atoms with E-state index in [2.05, 4.69) is 29.2 Å². The first kappa shape index (κ1) is 21.1. The van der Waals surface area contributed by atoms with Crippen LogP contribution in [0.5, 0.6) is 11.5 Å². The first-order chi connectivity index (χ1) is 15.7. The van der Waals surface area contributed by atoms with Gasteiger partial charge in [-0.2, -0.15) is 5.26 Å². The van der Waals surface area contributed by atoms with E-state index in [1.54, 1.807) is 30.2 Å². The van der Waals surface area contributed by atoms with Gasteiger partial charge in [-0.05, 0) is 78.6 Å². The largest absolute Gasteiger partial charge is 0.493 e. The molecule has 0 unspecified atom stereocenters. The van der Waals surface area contributed by atoms with Gasteiger partial charge < -0.3 is 9.47 Å². The highest BCUT2D eigenvalue weighted by Gasteiger charge is 2.34. The third-order valence-corrected chi connectivity index (χ3v) is 8.13. The third-order valence-electron chi connectivity index (χ3n) is 6.74. The lowest BCUT2D eigenvalue weighted by Gasteiger charge is -2.36. The molecule has 0 N–H and O–H groups in total. The number of hydrogen-bond acceptors (Lipinski definition) is 5. The van der Waals surface area contributed by atoms with Gasteiger partial charge in [0.05, 0.1) is 31.9 Å². The minimum Gasteiger partial charge on any atom is -0.493 e. The van der Waals surface area contributed by atoms with E-state index in [1.165, 1.54) is 41.7 Å². The summed E-state index contributed by atoms with van der Waals surface area (Å²) in [6.45, 7) is 1.82. The molecule has 5 rings (SSSR count). The number of nitriles is 1. The van der Waals surface area contributed by atoms with E-state index in [1.807, 2.05) is 35.6 Å². The lowest BCUT2D eigenvalue weighted by Crippen LogP contribution is -2.35. The van der Waals surface area contributed by atoms with Crippen LogP contribution >= 0.6 is 11.3 Å². The Labute approximate surface area is 194 Å². The Morgan fingerprint density at radius 2 is 1.84 bits per heavy atom. The van der Waals surface area contributed by atoms with Crippen LogP contribution in [0.3, 0.4) is 0 Å². The van der Waals surface area contributed by atoms with Gasteiger partial charge in [-0.15, -0.1) is 11.3 Å². The van der Waals surface area contributed by atoms with Crippen LogP contribution in [0, 0.1) is 11.3 Å². The molecule has 0 spiro atoms. The van der Waals surface area contributed by atoms with Crippen molar-refractivity contribution in [1.82, 2.24) is 4.90 Å². The second-order valence-corrected chi connectivity index (χ2v) is 9.74. The van der Waals surface area contributed by atoms with Crippen LogP contribution in [-0.2, 0) is 25.8 Å². The number of rotatable bonds is 5. The number of ether oxygens (including phenoxy) is 2. The summed E-state index contributed by atoms with van der Waals surface area (Å²) in [5.74, 6) is 1.52. The summed E-state index contributed by atoms with van der Waals surface area (Å²) < 4.78 is 11.1. The summed E-state index contributed by atoms with van der Waals surface area (Å²) in [4.78, 5) is 5.65. The highest BCUT2D eigenvalue weighted by atomic mass is 32.1. The Bertz CT molecular complexity index is 1180. The van der Waals surface area contributed by atoms with Gasteiger partial charge in [0.15, 0.2) is 11.5 Å². The first-order valence-electron chi connectivity index (χ1n) is 11.3. The number of nitrogens with zero attached hydrogens (tertiary/aromatic N) is 2. The molecule has 0 amide bonds.